The summed E-state index contributed by atoms with van der Waals surface area (Å²) in [7, 11) is 0. The van der Waals surface area contributed by atoms with E-state index in [0.717, 1.165) is 13.8 Å². The Kier molecular flexibility index (Phi) is 1.75. The van der Waals surface area contributed by atoms with Gasteiger partial charge >= 0.3 is 0 Å². The van der Waals surface area contributed by atoms with Crippen molar-refractivity contribution >= 4 is 17.5 Å². The van der Waals surface area contributed by atoms with Crippen LogP contribution in [-0.4, -0.2) is 47.4 Å². The fourth-order valence-electron chi connectivity index (χ4n) is 4.14. The number of alkyl halides is 1. The smallest absolute Gasteiger partial charge is 0.227 e. The van der Waals surface area contributed by atoms with Gasteiger partial charge in [0.1, 0.15) is 0 Å². The predicted molar refractivity (Wildman–Crippen MR) is 109 cm³/mol. The molecule has 2 aliphatic carbocycles. The van der Waals surface area contributed by atoms with Gasteiger partial charge in [0.05, 0.1) is 13.4 Å². The zero-order valence-electron chi connectivity index (χ0n) is 35.1. The zero-order chi connectivity index (χ0) is 36.8. The topological polar surface area (TPSA) is 44.4 Å². The van der Waals surface area contributed by atoms with Crippen LogP contribution in [0.4, 0.5) is 0 Å². The quantitative estimate of drug-likeness (QED) is 0.648. The van der Waals surface area contributed by atoms with Gasteiger partial charge in [0.15, 0.2) is 1.41 Å². The van der Waals surface area contributed by atoms with Crippen molar-refractivity contribution in [2.75, 3.05) is 13.1 Å². The molecule has 5 heteroatoms. The highest BCUT2D eigenvalue weighted by molar-refractivity contribution is 6.22. The highest BCUT2D eigenvalue weighted by Gasteiger charge is 2.62. The normalized spacial score (nSPS) is 89.1. The number of halogens is 1. The molecular formula is C22H36ClN3O. The maximum Gasteiger partial charge on any atom is 0.227 e. The van der Waals surface area contributed by atoms with E-state index in [0.29, 0.717) is 0 Å². The second-order valence-corrected chi connectivity index (χ2v) is 8.03. The van der Waals surface area contributed by atoms with Crippen molar-refractivity contribution in [2.24, 2.45) is 29.0 Å². The molecule has 5 aliphatic rings. The van der Waals surface area contributed by atoms with Crippen LogP contribution in [0.3, 0.4) is 0 Å². The first kappa shape index (κ1) is 6.85. The standard InChI is InChI=1S/C22H36ClN3O/c1-22(2)15-7-6-14(13-8-10-24-11-9-13)12-18(15)26-17-5-3-4-16(23)19(17)20(27)25-21(22)26/h13-19,21,24H,3-12H2,1-2H3,(H,25,27)/i3D2,4D2,5D2,6D2,7D2,12D2,14D,15D,16D,17D,18D,19D,21D/hD. The summed E-state index contributed by atoms with van der Waals surface area (Å²) in [5.74, 6) is -15.1. The molecule has 3 aliphatic heterocycles. The molecule has 0 radical (unpaired) electrons. The van der Waals surface area contributed by atoms with E-state index in [2.05, 4.69) is 5.32 Å². The molecule has 2 N–H and O–H groups in total. The van der Waals surface area contributed by atoms with E-state index in [-0.39, 0.29) is 30.8 Å². The second-order valence-electron chi connectivity index (χ2n) is 7.65. The van der Waals surface area contributed by atoms with Gasteiger partial charge in [-0.05, 0) is 75.5 Å². The monoisotopic (exact) mass is 413 g/mol. The molecule has 7 atom stereocenters. The molecule has 3 saturated heterocycles. The van der Waals surface area contributed by atoms with Gasteiger partial charge in [-0.1, -0.05) is 20.2 Å². The third kappa shape index (κ3) is 2.88. The minimum atomic E-state index is -4.39. The van der Waals surface area contributed by atoms with E-state index in [1.165, 1.54) is 0 Å². The van der Waals surface area contributed by atoms with Gasteiger partial charge in [-0.2, -0.15) is 0 Å². The van der Waals surface area contributed by atoms with Crippen molar-refractivity contribution < 1.29 is 32.3 Å². The summed E-state index contributed by atoms with van der Waals surface area (Å²) in [6.45, 7) is 1.76. The Morgan fingerprint density at radius 2 is 2.00 bits per heavy atom. The lowest BCUT2D eigenvalue weighted by atomic mass is 9.65. The van der Waals surface area contributed by atoms with Crippen LogP contribution < -0.4 is 10.6 Å². The van der Waals surface area contributed by atoms with E-state index in [9.17, 15) is 18.5 Å². The first-order valence-electron chi connectivity index (χ1n) is 19.0. The van der Waals surface area contributed by atoms with E-state index in [1.54, 1.807) is 0 Å². The summed E-state index contributed by atoms with van der Waals surface area (Å²) in [4.78, 5) is 13.8. The van der Waals surface area contributed by atoms with Crippen molar-refractivity contribution in [1.82, 2.24) is 15.5 Å². The van der Waals surface area contributed by atoms with Crippen LogP contribution in [0.2, 0.25) is 1.41 Å². The molecule has 0 spiro atoms. The summed E-state index contributed by atoms with van der Waals surface area (Å²) < 4.78 is 183. The third-order valence-electron chi connectivity index (χ3n) is 5.63. The van der Waals surface area contributed by atoms with Crippen LogP contribution in [0.1, 0.15) is 91.0 Å². The Labute approximate surface area is 197 Å². The highest BCUT2D eigenvalue weighted by Crippen LogP contribution is 2.56. The van der Waals surface area contributed by atoms with Gasteiger partial charge in [-0.3, -0.25) is 9.69 Å². The summed E-state index contributed by atoms with van der Waals surface area (Å²) in [5, 5.41) is -1.65. The van der Waals surface area contributed by atoms with Crippen molar-refractivity contribution in [2.45, 2.75) is 88.5 Å². The molecule has 0 aromatic carbocycles. The molecule has 5 fully saturated rings. The number of carbonyl (C=O) groups excluding carboxylic acids is 1. The number of amides is 1. The molecule has 4 nitrogen and oxygen atoms in total. The van der Waals surface area contributed by atoms with E-state index in [1.807, 2.05) is 0 Å². The van der Waals surface area contributed by atoms with Crippen LogP contribution in [0.25, 0.3) is 0 Å². The molecule has 0 bridgehead atoms. The van der Waals surface area contributed by atoms with Crippen LogP contribution in [-0.2, 0) is 4.79 Å². The first-order chi connectivity index (χ1) is 20.5. The Morgan fingerprint density at radius 1 is 1.22 bits per heavy atom. The average molecular weight is 414 g/mol. The second kappa shape index (κ2) is 6.88. The summed E-state index contributed by atoms with van der Waals surface area (Å²) in [6, 6.07) is -8.51. The number of fused-ring (bicyclic) bond motifs is 5. The van der Waals surface area contributed by atoms with Crippen LogP contribution in [0.15, 0.2) is 0 Å². The van der Waals surface area contributed by atoms with Gasteiger partial charge in [-0.25, -0.2) is 0 Å². The molecule has 5 rings (SSSR count). The summed E-state index contributed by atoms with van der Waals surface area (Å²) in [5.41, 5.74) is -2.93. The minimum Gasteiger partial charge on any atom is -0.340 e. The number of hydrogen-bond donors (Lipinski definition) is 2. The van der Waals surface area contributed by atoms with Crippen molar-refractivity contribution in [3.05, 3.63) is 0 Å². The van der Waals surface area contributed by atoms with Gasteiger partial charge in [0, 0.05) is 47.5 Å². The van der Waals surface area contributed by atoms with Crippen LogP contribution >= 0.6 is 11.6 Å². The number of carbonyl (C=O) groups is 1. The molecule has 0 aromatic rings. The van der Waals surface area contributed by atoms with E-state index in [4.69, 9.17) is 25.3 Å². The number of piperidine rings is 1. The molecule has 0 aromatic heterocycles. The lowest BCUT2D eigenvalue weighted by Gasteiger charge is -2.51. The number of hydrogen-bond acceptors (Lipinski definition) is 3. The van der Waals surface area contributed by atoms with Crippen LogP contribution in [0, 0.1) is 29.0 Å². The maximum absolute atomic E-state index is 14.2. The van der Waals surface area contributed by atoms with Gasteiger partial charge in [-0.15, -0.1) is 11.6 Å². The van der Waals surface area contributed by atoms with E-state index >= 15 is 0 Å². The van der Waals surface area contributed by atoms with Crippen molar-refractivity contribution in [1.29, 1.82) is 0 Å². The largest absolute Gasteiger partial charge is 0.340 e. The Morgan fingerprint density at radius 3 is 2.78 bits per heavy atom. The SMILES string of the molecule is [2H]N1C(=O)C2([2H])C([2H])(Cl)C([2H])([2H])C([2H])([2H])C([2H])([2H])C2([2H])N2C1([2H])C(C)(C)C1([2H])C([2H])([2H])C([2H])([2H])C([2H])(C3CCNCC3)C([2H])([2H])C21[2H]. The fraction of sp³-hybridized carbons (Fsp3) is 0.955. The number of rotatable bonds is 1. The first-order valence-corrected chi connectivity index (χ1v) is 9.45. The van der Waals surface area contributed by atoms with Crippen molar-refractivity contribution in [3.63, 3.8) is 0 Å². The molecule has 7 unspecified atom stereocenters. The molecular weight excluding hydrogens is 358 g/mol. The van der Waals surface area contributed by atoms with E-state index < -0.39 is 102 Å². The molecule has 152 valence electrons. The van der Waals surface area contributed by atoms with Gasteiger partial charge in [0.2, 0.25) is 5.91 Å². The highest BCUT2D eigenvalue weighted by atomic mass is 35.5. The molecule has 3 heterocycles. The van der Waals surface area contributed by atoms with Crippen molar-refractivity contribution in [3.8, 4) is 0 Å². The summed E-state index contributed by atoms with van der Waals surface area (Å²) >= 11 is 6.23. The molecule has 27 heavy (non-hydrogen) atoms. The number of nitrogens with one attached hydrogen (secondary N) is 2. The predicted octanol–water partition coefficient (Wildman–Crippen LogP) is 3.34. The molecule has 1 amide bonds. The van der Waals surface area contributed by atoms with Gasteiger partial charge < -0.3 is 10.6 Å². The number of nitrogens with zero attached hydrogens (tertiary/aromatic N) is 1. The maximum atomic E-state index is 14.2. The Bertz CT molecular complexity index is 1420. The minimum absolute atomic E-state index is 0.0910. The fourth-order valence-corrected chi connectivity index (χ4v) is 4.36. The lowest BCUT2D eigenvalue weighted by molar-refractivity contribution is -0.140. The Hall–Kier alpha value is -0.320. The molecule has 2 saturated carbocycles. The average Bonchev–Trinajstić information content (AvgIpc) is 3.07. The third-order valence-corrected chi connectivity index (χ3v) is 5.92. The van der Waals surface area contributed by atoms with Crippen LogP contribution in [0.5, 0.6) is 0 Å². The Balaban J connectivity index is 2.06. The lowest BCUT2D eigenvalue weighted by Crippen LogP contribution is -2.67. The zero-order valence-corrected chi connectivity index (χ0v) is 15.8. The van der Waals surface area contributed by atoms with Gasteiger partial charge in [0.25, 0.3) is 0 Å². The summed E-state index contributed by atoms with van der Waals surface area (Å²) in [6.07, 6.45) is -28.2.